The van der Waals surface area contributed by atoms with Crippen LogP contribution in [0.1, 0.15) is 18.4 Å². The van der Waals surface area contributed by atoms with Gasteiger partial charge < -0.3 is 20.9 Å². The van der Waals surface area contributed by atoms with E-state index < -0.39 is 5.92 Å². The molecule has 1 amide bonds. The van der Waals surface area contributed by atoms with Crippen LogP contribution in [0.3, 0.4) is 0 Å². The van der Waals surface area contributed by atoms with Gasteiger partial charge in [-0.15, -0.1) is 0 Å². The summed E-state index contributed by atoms with van der Waals surface area (Å²) < 4.78 is 0. The molecule has 21 heavy (non-hydrogen) atoms. The Hall–Kier alpha value is -2.08. The van der Waals surface area contributed by atoms with Crippen molar-refractivity contribution in [3.05, 3.63) is 35.9 Å². The van der Waals surface area contributed by atoms with Gasteiger partial charge in [0.15, 0.2) is 5.84 Å². The molecule has 2 rings (SSSR count). The van der Waals surface area contributed by atoms with Crippen molar-refractivity contribution in [2.45, 2.75) is 25.4 Å². The predicted octanol–water partition coefficient (Wildman–Crippen LogP) is 0.575. The van der Waals surface area contributed by atoms with Gasteiger partial charge in [0.05, 0.1) is 6.10 Å². The molecular formula is C15H21N3O3. The number of aliphatic hydroxyl groups excluding tert-OH is 1. The molecule has 0 aliphatic carbocycles. The highest BCUT2D eigenvalue weighted by molar-refractivity contribution is 6.02. The number of likely N-dealkylation sites (tertiary alicyclic amines) is 1. The van der Waals surface area contributed by atoms with Crippen molar-refractivity contribution >= 4 is 11.7 Å². The summed E-state index contributed by atoms with van der Waals surface area (Å²) in [5.41, 5.74) is 6.66. The summed E-state index contributed by atoms with van der Waals surface area (Å²) in [5, 5.41) is 21.4. The highest BCUT2D eigenvalue weighted by Gasteiger charge is 2.30. The number of oxime groups is 1. The van der Waals surface area contributed by atoms with Gasteiger partial charge in [-0.1, -0.05) is 35.5 Å². The molecule has 1 aliphatic heterocycles. The van der Waals surface area contributed by atoms with Gasteiger partial charge >= 0.3 is 0 Å². The van der Waals surface area contributed by atoms with Gasteiger partial charge in [-0.3, -0.25) is 4.79 Å². The average Bonchev–Trinajstić information content (AvgIpc) is 2.53. The SMILES string of the molecule is NC(=NO)C(Cc1ccccc1)C(=O)N1CCC(O)CC1. The zero-order chi connectivity index (χ0) is 15.2. The summed E-state index contributed by atoms with van der Waals surface area (Å²) in [6.45, 7) is 1.01. The largest absolute Gasteiger partial charge is 0.409 e. The Morgan fingerprint density at radius 1 is 1.33 bits per heavy atom. The van der Waals surface area contributed by atoms with E-state index in [1.165, 1.54) is 0 Å². The van der Waals surface area contributed by atoms with Crippen LogP contribution in [0.15, 0.2) is 35.5 Å². The molecule has 1 aliphatic rings. The molecular weight excluding hydrogens is 270 g/mol. The smallest absolute Gasteiger partial charge is 0.233 e. The summed E-state index contributed by atoms with van der Waals surface area (Å²) in [5.74, 6) is -0.899. The fraction of sp³-hybridized carbons (Fsp3) is 0.467. The van der Waals surface area contributed by atoms with Crippen LogP contribution in [0.25, 0.3) is 0 Å². The highest BCUT2D eigenvalue weighted by atomic mass is 16.4. The Kier molecular flexibility index (Phi) is 5.16. The molecule has 6 heteroatoms. The standard InChI is InChI=1S/C15H21N3O3/c16-14(17-21)13(10-11-4-2-1-3-5-11)15(20)18-8-6-12(19)7-9-18/h1-5,12-13,19,21H,6-10H2,(H2,16,17). The molecule has 0 radical (unpaired) electrons. The van der Waals surface area contributed by atoms with E-state index in [1.54, 1.807) is 4.90 Å². The average molecular weight is 291 g/mol. The molecule has 0 bridgehead atoms. The number of nitrogens with zero attached hydrogens (tertiary/aromatic N) is 2. The maximum absolute atomic E-state index is 12.6. The fourth-order valence-corrected chi connectivity index (χ4v) is 2.54. The molecule has 1 unspecified atom stereocenters. The lowest BCUT2D eigenvalue weighted by atomic mass is 9.95. The Balaban J connectivity index is 2.10. The molecule has 1 saturated heterocycles. The lowest BCUT2D eigenvalue weighted by Crippen LogP contribution is -2.47. The van der Waals surface area contributed by atoms with E-state index >= 15 is 0 Å². The lowest BCUT2D eigenvalue weighted by Gasteiger charge is -2.32. The van der Waals surface area contributed by atoms with Crippen LogP contribution >= 0.6 is 0 Å². The van der Waals surface area contributed by atoms with Gasteiger partial charge in [0.2, 0.25) is 5.91 Å². The lowest BCUT2D eigenvalue weighted by molar-refractivity contribution is -0.135. The van der Waals surface area contributed by atoms with Crippen molar-refractivity contribution in [2.24, 2.45) is 16.8 Å². The number of amidine groups is 1. The molecule has 1 aromatic carbocycles. The summed E-state index contributed by atoms with van der Waals surface area (Å²) in [6, 6.07) is 9.49. The van der Waals surface area contributed by atoms with Crippen molar-refractivity contribution in [3.63, 3.8) is 0 Å². The van der Waals surface area contributed by atoms with Crippen LogP contribution in [0.4, 0.5) is 0 Å². The Labute approximate surface area is 123 Å². The third kappa shape index (κ3) is 3.95. The van der Waals surface area contributed by atoms with E-state index in [4.69, 9.17) is 10.9 Å². The molecule has 0 aromatic heterocycles. The Morgan fingerprint density at radius 2 is 1.95 bits per heavy atom. The van der Waals surface area contributed by atoms with Crippen molar-refractivity contribution in [1.29, 1.82) is 0 Å². The minimum absolute atomic E-state index is 0.0741. The minimum atomic E-state index is -0.673. The van der Waals surface area contributed by atoms with E-state index in [1.807, 2.05) is 30.3 Å². The number of hydrogen-bond donors (Lipinski definition) is 3. The van der Waals surface area contributed by atoms with Gasteiger partial charge in [-0.05, 0) is 24.8 Å². The number of piperidine rings is 1. The second-order valence-corrected chi connectivity index (χ2v) is 5.32. The van der Waals surface area contributed by atoms with Crippen LogP contribution in [-0.4, -0.2) is 46.1 Å². The summed E-state index contributed by atoms with van der Waals surface area (Å²) in [7, 11) is 0. The van der Waals surface area contributed by atoms with Crippen LogP contribution in [0.5, 0.6) is 0 Å². The second kappa shape index (κ2) is 7.08. The molecule has 1 heterocycles. The maximum Gasteiger partial charge on any atom is 0.233 e. The number of rotatable bonds is 4. The molecule has 0 spiro atoms. The van der Waals surface area contributed by atoms with Gasteiger partial charge in [0, 0.05) is 13.1 Å². The second-order valence-electron chi connectivity index (χ2n) is 5.32. The van der Waals surface area contributed by atoms with Crippen LogP contribution < -0.4 is 5.73 Å². The fourth-order valence-electron chi connectivity index (χ4n) is 2.54. The first-order valence-corrected chi connectivity index (χ1v) is 7.10. The van der Waals surface area contributed by atoms with Crippen molar-refractivity contribution in [2.75, 3.05) is 13.1 Å². The van der Waals surface area contributed by atoms with E-state index in [0.717, 1.165) is 5.56 Å². The number of amides is 1. The quantitative estimate of drug-likeness (QED) is 0.327. The normalized spacial score (nSPS) is 18.5. The third-order valence-corrected chi connectivity index (χ3v) is 3.83. The first-order chi connectivity index (χ1) is 10.1. The summed E-state index contributed by atoms with van der Waals surface area (Å²) in [6.07, 6.45) is 1.19. The van der Waals surface area contributed by atoms with Gasteiger partial charge in [0.25, 0.3) is 0 Å². The molecule has 1 aromatic rings. The zero-order valence-electron chi connectivity index (χ0n) is 11.9. The van der Waals surface area contributed by atoms with Crippen LogP contribution in [0.2, 0.25) is 0 Å². The number of carbonyl (C=O) groups is 1. The molecule has 1 atom stereocenters. The highest BCUT2D eigenvalue weighted by Crippen LogP contribution is 2.17. The number of aliphatic hydroxyl groups is 1. The Morgan fingerprint density at radius 3 is 2.52 bits per heavy atom. The van der Waals surface area contributed by atoms with E-state index in [9.17, 15) is 9.90 Å². The van der Waals surface area contributed by atoms with Crippen LogP contribution in [0, 0.1) is 5.92 Å². The zero-order valence-corrected chi connectivity index (χ0v) is 11.9. The molecule has 6 nitrogen and oxygen atoms in total. The first-order valence-electron chi connectivity index (χ1n) is 7.10. The molecule has 4 N–H and O–H groups in total. The van der Waals surface area contributed by atoms with E-state index in [2.05, 4.69) is 5.16 Å². The van der Waals surface area contributed by atoms with E-state index in [0.29, 0.717) is 32.4 Å². The number of carbonyl (C=O) groups excluding carboxylic acids is 1. The molecule has 1 fully saturated rings. The predicted molar refractivity (Wildman–Crippen MR) is 78.9 cm³/mol. The van der Waals surface area contributed by atoms with Crippen molar-refractivity contribution < 1.29 is 15.1 Å². The van der Waals surface area contributed by atoms with Gasteiger partial charge in [-0.25, -0.2) is 0 Å². The number of nitrogens with two attached hydrogens (primary N) is 1. The third-order valence-electron chi connectivity index (χ3n) is 3.83. The molecule has 0 saturated carbocycles. The summed E-state index contributed by atoms with van der Waals surface area (Å²) >= 11 is 0. The summed E-state index contributed by atoms with van der Waals surface area (Å²) in [4.78, 5) is 14.3. The monoisotopic (exact) mass is 291 g/mol. The minimum Gasteiger partial charge on any atom is -0.409 e. The maximum atomic E-state index is 12.6. The Bertz CT molecular complexity index is 496. The van der Waals surface area contributed by atoms with Crippen LogP contribution in [-0.2, 0) is 11.2 Å². The number of benzene rings is 1. The molecule has 114 valence electrons. The van der Waals surface area contributed by atoms with E-state index in [-0.39, 0.29) is 17.8 Å². The number of hydrogen-bond acceptors (Lipinski definition) is 4. The van der Waals surface area contributed by atoms with Crippen molar-refractivity contribution in [1.82, 2.24) is 4.90 Å². The van der Waals surface area contributed by atoms with Crippen molar-refractivity contribution in [3.8, 4) is 0 Å². The first kappa shape index (κ1) is 15.3. The topological polar surface area (TPSA) is 99.2 Å². The van der Waals surface area contributed by atoms with Gasteiger partial charge in [-0.2, -0.15) is 0 Å². The van der Waals surface area contributed by atoms with Gasteiger partial charge in [0.1, 0.15) is 5.92 Å².